The number of anilines is 1. The zero-order valence-electron chi connectivity index (χ0n) is 12.7. The van der Waals surface area contributed by atoms with Crippen LogP contribution in [-0.4, -0.2) is 16.4 Å². The van der Waals surface area contributed by atoms with Gasteiger partial charge in [-0.05, 0) is 45.4 Å². The number of rotatable bonds is 6. The average molecular weight is 273 g/mol. The van der Waals surface area contributed by atoms with Crippen molar-refractivity contribution in [2.24, 2.45) is 0 Å². The number of hydrogen-bond acceptors (Lipinski definition) is 3. The zero-order chi connectivity index (χ0) is 14.5. The van der Waals surface area contributed by atoms with Gasteiger partial charge in [-0.15, -0.1) is 0 Å². The van der Waals surface area contributed by atoms with Gasteiger partial charge in [-0.25, -0.2) is 0 Å². The number of ether oxygens (including phenoxy) is 1. The Morgan fingerprint density at radius 1 is 1.35 bits per heavy atom. The van der Waals surface area contributed by atoms with E-state index in [1.54, 1.807) is 0 Å². The Kier molecular flexibility index (Phi) is 4.66. The third-order valence-corrected chi connectivity index (χ3v) is 3.29. The summed E-state index contributed by atoms with van der Waals surface area (Å²) in [5, 5.41) is 7.81. The molecule has 0 fully saturated rings. The van der Waals surface area contributed by atoms with E-state index in [0.29, 0.717) is 6.61 Å². The van der Waals surface area contributed by atoms with Crippen molar-refractivity contribution in [1.29, 1.82) is 0 Å². The van der Waals surface area contributed by atoms with Crippen LogP contribution in [0.1, 0.15) is 37.9 Å². The van der Waals surface area contributed by atoms with Gasteiger partial charge in [0.05, 0.1) is 24.5 Å². The van der Waals surface area contributed by atoms with Gasteiger partial charge in [0.2, 0.25) is 0 Å². The molecular formula is C16H23N3O. The lowest BCUT2D eigenvalue weighted by Gasteiger charge is -2.17. The van der Waals surface area contributed by atoms with Crippen LogP contribution in [0.5, 0.6) is 5.75 Å². The highest BCUT2D eigenvalue weighted by molar-refractivity contribution is 5.58. The van der Waals surface area contributed by atoms with Gasteiger partial charge in [-0.3, -0.25) is 4.68 Å². The fourth-order valence-electron chi connectivity index (χ4n) is 2.12. The molecule has 1 atom stereocenters. The maximum atomic E-state index is 5.70. The molecule has 1 aromatic heterocycles. The minimum Gasteiger partial charge on any atom is -0.492 e. The molecule has 0 spiro atoms. The van der Waals surface area contributed by atoms with E-state index in [0.717, 1.165) is 18.0 Å². The highest BCUT2D eigenvalue weighted by atomic mass is 16.5. The van der Waals surface area contributed by atoms with Crippen LogP contribution in [0.25, 0.3) is 0 Å². The van der Waals surface area contributed by atoms with Crippen molar-refractivity contribution in [2.75, 3.05) is 11.9 Å². The van der Waals surface area contributed by atoms with Crippen LogP contribution >= 0.6 is 0 Å². The van der Waals surface area contributed by atoms with E-state index in [-0.39, 0.29) is 6.04 Å². The monoisotopic (exact) mass is 273 g/mol. The van der Waals surface area contributed by atoms with Crippen LogP contribution in [0, 0.1) is 6.92 Å². The van der Waals surface area contributed by atoms with Gasteiger partial charge < -0.3 is 10.1 Å². The van der Waals surface area contributed by atoms with Gasteiger partial charge in [0.1, 0.15) is 5.75 Å². The summed E-state index contributed by atoms with van der Waals surface area (Å²) < 4.78 is 7.63. The molecule has 0 saturated carbocycles. The predicted molar refractivity (Wildman–Crippen MR) is 82.3 cm³/mol. The number of hydrogen-bond donors (Lipinski definition) is 1. The van der Waals surface area contributed by atoms with Crippen LogP contribution in [0.2, 0.25) is 0 Å². The summed E-state index contributed by atoms with van der Waals surface area (Å²) in [6.45, 7) is 9.85. The number of nitrogens with zero attached hydrogens (tertiary/aromatic N) is 2. The fourth-order valence-corrected chi connectivity index (χ4v) is 2.12. The largest absolute Gasteiger partial charge is 0.492 e. The van der Waals surface area contributed by atoms with Crippen LogP contribution in [0.3, 0.4) is 0 Å². The van der Waals surface area contributed by atoms with E-state index >= 15 is 0 Å². The zero-order valence-corrected chi connectivity index (χ0v) is 12.7. The summed E-state index contributed by atoms with van der Waals surface area (Å²) in [5.74, 6) is 0.905. The van der Waals surface area contributed by atoms with E-state index in [2.05, 4.69) is 55.6 Å². The van der Waals surface area contributed by atoms with Gasteiger partial charge in [0, 0.05) is 18.3 Å². The Morgan fingerprint density at radius 2 is 2.15 bits per heavy atom. The molecule has 1 unspecified atom stereocenters. The molecule has 0 radical (unpaired) electrons. The van der Waals surface area contributed by atoms with Crippen molar-refractivity contribution in [3.8, 4) is 5.75 Å². The Morgan fingerprint density at radius 3 is 2.80 bits per heavy atom. The first-order valence-electron chi connectivity index (χ1n) is 7.16. The molecule has 1 heterocycles. The molecule has 20 heavy (non-hydrogen) atoms. The second-order valence-corrected chi connectivity index (χ2v) is 4.93. The highest BCUT2D eigenvalue weighted by Gasteiger charge is 2.11. The van der Waals surface area contributed by atoms with Crippen molar-refractivity contribution >= 4 is 5.69 Å². The van der Waals surface area contributed by atoms with Crippen LogP contribution < -0.4 is 10.1 Å². The van der Waals surface area contributed by atoms with E-state index < -0.39 is 0 Å². The third kappa shape index (κ3) is 3.32. The van der Waals surface area contributed by atoms with E-state index in [4.69, 9.17) is 4.74 Å². The molecule has 4 nitrogen and oxygen atoms in total. The van der Waals surface area contributed by atoms with Crippen LogP contribution in [0.15, 0.2) is 30.6 Å². The van der Waals surface area contributed by atoms with Crippen molar-refractivity contribution in [3.63, 3.8) is 0 Å². The number of aryl methyl sites for hydroxylation is 2. The molecule has 4 heteroatoms. The minimum atomic E-state index is 0.192. The van der Waals surface area contributed by atoms with Gasteiger partial charge in [0.25, 0.3) is 0 Å². The van der Waals surface area contributed by atoms with E-state index in [1.807, 2.05) is 17.8 Å². The molecular weight excluding hydrogens is 250 g/mol. The molecule has 0 saturated heterocycles. The van der Waals surface area contributed by atoms with Crippen molar-refractivity contribution < 1.29 is 4.74 Å². The highest BCUT2D eigenvalue weighted by Crippen LogP contribution is 2.29. The molecule has 108 valence electrons. The van der Waals surface area contributed by atoms with Gasteiger partial charge in [-0.1, -0.05) is 6.07 Å². The summed E-state index contributed by atoms with van der Waals surface area (Å²) in [6, 6.07) is 6.42. The smallest absolute Gasteiger partial charge is 0.142 e. The molecule has 0 aliphatic carbocycles. The Labute approximate surface area is 120 Å². The predicted octanol–water partition coefficient (Wildman–Crippen LogP) is 3.78. The Hall–Kier alpha value is -1.97. The first-order chi connectivity index (χ1) is 9.63. The van der Waals surface area contributed by atoms with E-state index in [9.17, 15) is 0 Å². The maximum Gasteiger partial charge on any atom is 0.142 e. The minimum absolute atomic E-state index is 0.192. The molecule has 1 N–H and O–H groups in total. The molecule has 2 aromatic rings. The number of aromatic nitrogens is 2. The molecule has 0 bridgehead atoms. The van der Waals surface area contributed by atoms with Crippen LogP contribution in [0.4, 0.5) is 5.69 Å². The Balaban J connectivity index is 2.16. The average Bonchev–Trinajstić information content (AvgIpc) is 2.91. The summed E-state index contributed by atoms with van der Waals surface area (Å²) >= 11 is 0. The topological polar surface area (TPSA) is 39.1 Å². The second kappa shape index (κ2) is 6.46. The number of benzene rings is 1. The standard InChI is InChI=1S/C16H23N3O/c1-5-19-11-14(10-17-19)13(4)18-15-8-7-12(3)9-16(15)20-6-2/h7-11,13,18H,5-6H2,1-4H3. The van der Waals surface area contributed by atoms with Gasteiger partial charge >= 0.3 is 0 Å². The summed E-state index contributed by atoms with van der Waals surface area (Å²) in [5.41, 5.74) is 3.40. The fraction of sp³-hybridized carbons (Fsp3) is 0.438. The maximum absolute atomic E-state index is 5.70. The lowest BCUT2D eigenvalue weighted by atomic mass is 10.1. The van der Waals surface area contributed by atoms with E-state index in [1.165, 1.54) is 11.1 Å². The first-order valence-corrected chi connectivity index (χ1v) is 7.16. The summed E-state index contributed by atoms with van der Waals surface area (Å²) in [6.07, 6.45) is 3.99. The first kappa shape index (κ1) is 14.4. The molecule has 0 aliphatic heterocycles. The lowest BCUT2D eigenvalue weighted by molar-refractivity contribution is 0.341. The molecule has 0 aliphatic rings. The third-order valence-electron chi connectivity index (χ3n) is 3.29. The van der Waals surface area contributed by atoms with Gasteiger partial charge in [0.15, 0.2) is 0 Å². The quantitative estimate of drug-likeness (QED) is 0.870. The summed E-state index contributed by atoms with van der Waals surface area (Å²) in [4.78, 5) is 0. The normalized spacial score (nSPS) is 12.2. The second-order valence-electron chi connectivity index (χ2n) is 4.93. The molecule has 1 aromatic carbocycles. The SMILES string of the molecule is CCOc1cc(C)ccc1NC(C)c1cnn(CC)c1. The summed E-state index contributed by atoms with van der Waals surface area (Å²) in [7, 11) is 0. The van der Waals surface area contributed by atoms with Crippen molar-refractivity contribution in [3.05, 3.63) is 41.7 Å². The van der Waals surface area contributed by atoms with Crippen LogP contribution in [-0.2, 0) is 6.54 Å². The molecule has 2 rings (SSSR count). The van der Waals surface area contributed by atoms with Crippen molar-refractivity contribution in [2.45, 2.75) is 40.3 Å². The number of nitrogens with one attached hydrogen (secondary N) is 1. The molecule has 0 amide bonds. The van der Waals surface area contributed by atoms with Crippen molar-refractivity contribution in [1.82, 2.24) is 9.78 Å². The van der Waals surface area contributed by atoms with Gasteiger partial charge in [-0.2, -0.15) is 5.10 Å². The Bertz CT molecular complexity index is 563. The lowest BCUT2D eigenvalue weighted by Crippen LogP contribution is -2.08.